The molecule has 0 aliphatic rings. The van der Waals surface area contributed by atoms with Crippen molar-refractivity contribution in [3.8, 4) is 0 Å². The molecule has 0 radical (unpaired) electrons. The highest BCUT2D eigenvalue weighted by atomic mass is 16.6. The summed E-state index contributed by atoms with van der Waals surface area (Å²) in [5.41, 5.74) is 0. The second-order valence-corrected chi connectivity index (χ2v) is 17.4. The molecule has 0 bridgehead atoms. The molecule has 6 nitrogen and oxygen atoms in total. The molecule has 0 aromatic heterocycles. The molecule has 6 heteroatoms. The third kappa shape index (κ3) is 52.5. The maximum atomic E-state index is 12.8. The lowest BCUT2D eigenvalue weighted by atomic mass is 10.1. The lowest BCUT2D eigenvalue weighted by Crippen LogP contribution is -2.30. The number of allylic oxidation sites excluding steroid dienone is 22. The molecule has 0 rings (SSSR count). The van der Waals surface area contributed by atoms with Crippen LogP contribution in [0.3, 0.4) is 0 Å². The first-order valence-electron chi connectivity index (χ1n) is 27.2. The molecule has 0 fully saturated rings. The molecule has 0 saturated carbocycles. The van der Waals surface area contributed by atoms with Crippen LogP contribution in [0.1, 0.15) is 220 Å². The van der Waals surface area contributed by atoms with Gasteiger partial charge in [-0.3, -0.25) is 14.4 Å². The summed E-state index contributed by atoms with van der Waals surface area (Å²) in [4.78, 5) is 38.1. The van der Waals surface area contributed by atoms with Crippen LogP contribution in [0.2, 0.25) is 0 Å². The fraction of sp³-hybridized carbons (Fsp3) is 0.597. The summed E-state index contributed by atoms with van der Waals surface area (Å²) in [6.45, 7) is 6.27. The van der Waals surface area contributed by atoms with Crippen molar-refractivity contribution in [1.29, 1.82) is 0 Å². The Labute approximate surface area is 417 Å². The van der Waals surface area contributed by atoms with Crippen LogP contribution in [0.25, 0.3) is 0 Å². The fourth-order valence-corrected chi connectivity index (χ4v) is 6.85. The topological polar surface area (TPSA) is 78.9 Å². The molecule has 68 heavy (non-hydrogen) atoms. The molecule has 0 aliphatic carbocycles. The van der Waals surface area contributed by atoms with Crippen molar-refractivity contribution in [1.82, 2.24) is 0 Å². The summed E-state index contributed by atoms with van der Waals surface area (Å²) in [5, 5.41) is 0. The number of esters is 3. The smallest absolute Gasteiger partial charge is 0.306 e. The number of ether oxygens (including phenoxy) is 3. The standard InChI is InChI=1S/C62H98O6/c1-4-7-10-13-16-19-22-25-28-30-31-33-34-37-40-43-46-49-52-55-61(64)67-58-59(57-66-60(63)54-51-48-45-42-39-36-27-24-21-18-15-12-9-6-3)68-62(65)56-53-50-47-44-41-38-35-32-29-26-23-20-17-14-11-8-5-2/h7-8,10-11,15-20,24-29,31,33,37,40,46,49,59H,4-6,9,12-14,21-23,30,32,34-36,38-39,41-45,47-48,50-58H2,1-3H3/b10-7-,11-8-,18-15-,19-16-,20-17-,27-24-,28-25-,29-26-,33-31-,40-37-,49-46-. The summed E-state index contributed by atoms with van der Waals surface area (Å²) >= 11 is 0. The Balaban J connectivity index is 4.56. The van der Waals surface area contributed by atoms with E-state index in [0.717, 1.165) is 135 Å². The number of carbonyl (C=O) groups excluding carboxylic acids is 3. The van der Waals surface area contributed by atoms with Crippen LogP contribution < -0.4 is 0 Å². The van der Waals surface area contributed by atoms with Gasteiger partial charge in [0.25, 0.3) is 0 Å². The highest BCUT2D eigenvalue weighted by molar-refractivity contribution is 5.71. The van der Waals surface area contributed by atoms with Crippen LogP contribution in [-0.4, -0.2) is 37.2 Å². The molecule has 382 valence electrons. The van der Waals surface area contributed by atoms with E-state index in [0.29, 0.717) is 19.3 Å². The average Bonchev–Trinajstić information content (AvgIpc) is 3.34. The molecule has 0 saturated heterocycles. The van der Waals surface area contributed by atoms with Gasteiger partial charge in [-0.15, -0.1) is 0 Å². The van der Waals surface area contributed by atoms with E-state index in [1.807, 2.05) is 12.2 Å². The van der Waals surface area contributed by atoms with E-state index < -0.39 is 6.10 Å². The predicted octanol–water partition coefficient (Wildman–Crippen LogP) is 18.3. The molecule has 0 heterocycles. The zero-order valence-corrected chi connectivity index (χ0v) is 43.6. The van der Waals surface area contributed by atoms with E-state index >= 15 is 0 Å². The molecule has 1 atom stereocenters. The van der Waals surface area contributed by atoms with Crippen LogP contribution in [-0.2, 0) is 28.6 Å². The fourth-order valence-electron chi connectivity index (χ4n) is 6.85. The summed E-state index contributed by atoms with van der Waals surface area (Å²) in [7, 11) is 0. The molecular weight excluding hydrogens is 841 g/mol. The minimum atomic E-state index is -0.825. The molecule has 0 aliphatic heterocycles. The van der Waals surface area contributed by atoms with Crippen LogP contribution in [0.15, 0.2) is 134 Å². The molecule has 0 amide bonds. The van der Waals surface area contributed by atoms with Gasteiger partial charge in [0.2, 0.25) is 0 Å². The van der Waals surface area contributed by atoms with E-state index in [1.54, 1.807) is 0 Å². The lowest BCUT2D eigenvalue weighted by molar-refractivity contribution is -0.166. The van der Waals surface area contributed by atoms with Crippen molar-refractivity contribution in [2.75, 3.05) is 13.2 Å². The summed E-state index contributed by atoms with van der Waals surface area (Å²) in [6, 6.07) is 0. The van der Waals surface area contributed by atoms with Gasteiger partial charge in [0.05, 0.1) is 0 Å². The Morgan fingerprint density at radius 2 is 0.603 bits per heavy atom. The van der Waals surface area contributed by atoms with E-state index in [2.05, 4.69) is 142 Å². The maximum absolute atomic E-state index is 12.8. The van der Waals surface area contributed by atoms with Gasteiger partial charge >= 0.3 is 17.9 Å². The summed E-state index contributed by atoms with van der Waals surface area (Å²) in [5.74, 6) is -1.03. The zero-order valence-electron chi connectivity index (χ0n) is 43.6. The quantitative estimate of drug-likeness (QED) is 0.0262. The number of hydrogen-bond acceptors (Lipinski definition) is 6. The molecule has 0 N–H and O–H groups in total. The Morgan fingerprint density at radius 1 is 0.309 bits per heavy atom. The summed E-state index contributed by atoms with van der Waals surface area (Å²) < 4.78 is 16.7. The maximum Gasteiger partial charge on any atom is 0.306 e. The van der Waals surface area contributed by atoms with E-state index in [-0.39, 0.29) is 37.5 Å². The predicted molar refractivity (Wildman–Crippen MR) is 292 cm³/mol. The van der Waals surface area contributed by atoms with Crippen LogP contribution >= 0.6 is 0 Å². The van der Waals surface area contributed by atoms with Crippen molar-refractivity contribution in [3.05, 3.63) is 134 Å². The molecule has 0 spiro atoms. The SMILES string of the molecule is CC/C=C\C/C=C\C/C=C\C/C=C\C/C=C\C/C=C\CCC(=O)OCC(COC(=O)CCCCCCC/C=C\C/C=C\CCCC)OC(=O)CCCCCCCCC/C=C\C/C=C\C/C=C\CC. The Hall–Kier alpha value is -4.45. The first-order chi connectivity index (χ1) is 33.5. The van der Waals surface area contributed by atoms with Gasteiger partial charge in [0.1, 0.15) is 13.2 Å². The van der Waals surface area contributed by atoms with Gasteiger partial charge in [-0.25, -0.2) is 0 Å². The van der Waals surface area contributed by atoms with Crippen LogP contribution in [0.4, 0.5) is 0 Å². The van der Waals surface area contributed by atoms with Crippen molar-refractivity contribution < 1.29 is 28.6 Å². The minimum Gasteiger partial charge on any atom is -0.462 e. The van der Waals surface area contributed by atoms with Crippen molar-refractivity contribution >= 4 is 17.9 Å². The number of hydrogen-bond donors (Lipinski definition) is 0. The largest absolute Gasteiger partial charge is 0.462 e. The van der Waals surface area contributed by atoms with Crippen molar-refractivity contribution in [2.45, 2.75) is 226 Å². The third-order valence-electron chi connectivity index (χ3n) is 10.9. The third-order valence-corrected chi connectivity index (χ3v) is 10.9. The van der Waals surface area contributed by atoms with E-state index in [1.165, 1.54) is 38.5 Å². The van der Waals surface area contributed by atoms with E-state index in [4.69, 9.17) is 14.2 Å². The summed E-state index contributed by atoms with van der Waals surface area (Å²) in [6.07, 6.45) is 77.3. The molecule has 0 aromatic rings. The first-order valence-corrected chi connectivity index (χ1v) is 27.2. The highest BCUT2D eigenvalue weighted by Gasteiger charge is 2.19. The van der Waals surface area contributed by atoms with Crippen LogP contribution in [0.5, 0.6) is 0 Å². The van der Waals surface area contributed by atoms with Gasteiger partial charge in [-0.1, -0.05) is 219 Å². The van der Waals surface area contributed by atoms with Gasteiger partial charge in [-0.2, -0.15) is 0 Å². The second-order valence-electron chi connectivity index (χ2n) is 17.4. The Morgan fingerprint density at radius 3 is 0.985 bits per heavy atom. The van der Waals surface area contributed by atoms with Gasteiger partial charge in [0, 0.05) is 19.3 Å². The molecular formula is C62H98O6. The molecule has 1 unspecified atom stereocenters. The normalized spacial score (nSPS) is 13.2. The molecule has 0 aromatic carbocycles. The first kappa shape index (κ1) is 63.5. The second kappa shape index (κ2) is 55.1. The number of carbonyl (C=O) groups is 3. The van der Waals surface area contributed by atoms with Crippen molar-refractivity contribution in [2.24, 2.45) is 0 Å². The van der Waals surface area contributed by atoms with Crippen LogP contribution in [0, 0.1) is 0 Å². The lowest BCUT2D eigenvalue weighted by Gasteiger charge is -2.18. The Bertz CT molecular complexity index is 1500. The minimum absolute atomic E-state index is 0.117. The highest BCUT2D eigenvalue weighted by Crippen LogP contribution is 2.13. The van der Waals surface area contributed by atoms with Gasteiger partial charge in [-0.05, 0) is 116 Å². The van der Waals surface area contributed by atoms with Gasteiger partial charge in [0.15, 0.2) is 6.10 Å². The Kier molecular flexibility index (Phi) is 51.5. The van der Waals surface area contributed by atoms with Gasteiger partial charge < -0.3 is 14.2 Å². The monoisotopic (exact) mass is 939 g/mol. The zero-order chi connectivity index (χ0) is 49.3. The van der Waals surface area contributed by atoms with Crippen molar-refractivity contribution in [3.63, 3.8) is 0 Å². The number of unbranched alkanes of at least 4 members (excludes halogenated alkanes) is 14. The average molecular weight is 939 g/mol. The van der Waals surface area contributed by atoms with E-state index in [9.17, 15) is 14.4 Å². The number of rotatable bonds is 47.